The monoisotopic (exact) mass is 1030 g/mol. The number of ether oxygens (including phenoxy) is 3. The van der Waals surface area contributed by atoms with Gasteiger partial charge in [-0.05, 0) is 49.1 Å². The molecule has 0 radical (unpaired) electrons. The fraction of sp³-hybridized carbons (Fsp3) is 0.316. The van der Waals surface area contributed by atoms with E-state index in [1.165, 1.54) is 45.1 Å². The van der Waals surface area contributed by atoms with E-state index in [9.17, 15) is 42.3 Å². The molecular weight excluding hydrogens is 1010 g/mol. The molecule has 1 saturated heterocycles. The van der Waals surface area contributed by atoms with Gasteiger partial charge >= 0.3 is 11.4 Å². The molecule has 2 aliphatic heterocycles. The molecule has 24 heteroatoms. The molecule has 2 fully saturated rings. The van der Waals surface area contributed by atoms with Gasteiger partial charge in [-0.25, -0.2) is 55.4 Å². The molecule has 0 spiro atoms. The molecule has 4 atom stereocenters. The summed E-state index contributed by atoms with van der Waals surface area (Å²) in [6.45, 7) is -0.775. The Morgan fingerprint density at radius 1 is 0.839 bits per heavy atom. The summed E-state index contributed by atoms with van der Waals surface area (Å²) in [4.78, 5) is 69.6. The van der Waals surface area contributed by atoms with E-state index in [2.05, 4.69) is 36.8 Å². The molecule has 3 aromatic carbocycles. The smallest absolute Gasteiger partial charge is 0.347 e. The number of phenolic OH excluding ortho intramolecular Hbond substituents is 1. The zero-order chi connectivity index (χ0) is 45.2. The van der Waals surface area contributed by atoms with Crippen LogP contribution in [0.1, 0.15) is 29.6 Å². The molecule has 0 unspecified atom stereocenters. The van der Waals surface area contributed by atoms with Crippen LogP contribution in [0.25, 0.3) is 11.0 Å². The third-order valence-corrected chi connectivity index (χ3v) is 15.1. The topological polar surface area (TPSA) is 169 Å². The summed E-state index contributed by atoms with van der Waals surface area (Å²) in [6, 6.07) is 2.83. The van der Waals surface area contributed by atoms with Crippen molar-refractivity contribution in [3.05, 3.63) is 110 Å². The van der Waals surface area contributed by atoms with Gasteiger partial charge in [0.1, 0.15) is 11.4 Å². The summed E-state index contributed by atoms with van der Waals surface area (Å²) >= 11 is 21.0. The number of allylic oxidation sites excluding steroid dienone is 2. The van der Waals surface area contributed by atoms with Crippen LogP contribution in [-0.4, -0.2) is 71.5 Å². The average Bonchev–Trinajstić information content (AvgIpc) is 3.58. The van der Waals surface area contributed by atoms with Gasteiger partial charge in [-0.15, -0.1) is 23.2 Å². The van der Waals surface area contributed by atoms with E-state index in [4.69, 9.17) is 37.4 Å². The van der Waals surface area contributed by atoms with Crippen molar-refractivity contribution < 1.29 is 50.9 Å². The van der Waals surface area contributed by atoms with E-state index in [0.29, 0.717) is 22.5 Å². The number of carbonyl (C=O) groups excluding carboxylic acids is 2. The van der Waals surface area contributed by atoms with Crippen LogP contribution in [0.3, 0.4) is 0 Å². The van der Waals surface area contributed by atoms with Gasteiger partial charge in [-0.3, -0.25) is 14.4 Å². The van der Waals surface area contributed by atoms with Crippen LogP contribution in [0.15, 0.2) is 53.2 Å². The number of methoxy groups -OCH3 is 3. The number of amides is 2. The first-order valence-electron chi connectivity index (χ1n) is 18.0. The van der Waals surface area contributed by atoms with Crippen molar-refractivity contribution in [2.45, 2.75) is 47.6 Å². The Hall–Kier alpha value is -5.19. The second-order valence-corrected chi connectivity index (χ2v) is 17.2. The number of nitrogens with zero attached hydrogens (tertiary/aromatic N) is 6. The minimum Gasteiger partial charge on any atom is -0.503 e. The number of aromatic nitrogens is 5. The van der Waals surface area contributed by atoms with Crippen molar-refractivity contribution >= 4 is 83.6 Å². The fourth-order valence-corrected chi connectivity index (χ4v) is 10.3. The molecular formula is C38H27Br2Cl2F5N6O9. The number of hydrogen-bond acceptors (Lipinski definition) is 10. The minimum atomic E-state index is -2.87. The SMILES string of the molecule is COc1cc2nc(CCn3c(=O)n4n(c3=O)[C@@H]3C[C@@]5(Cl)C(=O)N(c6c(F)c(F)c(F)c(F)c6F)C(=O)[C@@]5(Cl)[C@@H](c5cc(OC)c(O)c(Br)c5Br)C3=CC4)c(=O)n(C)c2cc1OC. The molecule has 62 heavy (non-hydrogen) atoms. The Morgan fingerprint density at radius 3 is 2.05 bits per heavy atom. The number of anilines is 1. The molecule has 1 saturated carbocycles. The van der Waals surface area contributed by atoms with Gasteiger partial charge in [-0.2, -0.15) is 0 Å². The van der Waals surface area contributed by atoms with Crippen molar-refractivity contribution in [1.29, 1.82) is 0 Å². The van der Waals surface area contributed by atoms with Gasteiger partial charge in [0.2, 0.25) is 5.82 Å². The van der Waals surface area contributed by atoms with E-state index >= 15 is 8.78 Å². The van der Waals surface area contributed by atoms with E-state index < -0.39 is 104 Å². The molecule has 15 nitrogen and oxygen atoms in total. The van der Waals surface area contributed by atoms with Crippen LogP contribution in [0, 0.1) is 29.1 Å². The van der Waals surface area contributed by atoms with Gasteiger partial charge in [-0.1, -0.05) is 6.08 Å². The summed E-state index contributed by atoms with van der Waals surface area (Å²) in [7, 11) is 5.51. The third kappa shape index (κ3) is 5.70. The predicted molar refractivity (Wildman–Crippen MR) is 217 cm³/mol. The van der Waals surface area contributed by atoms with Crippen LogP contribution < -0.4 is 36.0 Å². The largest absolute Gasteiger partial charge is 0.503 e. The summed E-state index contributed by atoms with van der Waals surface area (Å²) in [5.74, 6) is -17.8. The number of alkyl halides is 2. The standard InChI is InChI=1S/C38H27Br2Cl2F5N6O9/c1-49-17-11-20(61-3)19(60-2)10-16(17)48-15(32(49)55)6-7-50-35(58)51-8-5-13-18(53(51)36(50)59)12-37(41)33(56)52(30-28(46)26(44)25(43)27(45)29(30)47)34(57)38(37,42)22(13)14-9-21(62-4)31(54)24(40)23(14)39/h5,9-11,18,22,54H,6-8,12H2,1-4H3/t18-,22-,37-,38+/m1/s1. The lowest BCUT2D eigenvalue weighted by atomic mass is 9.64. The summed E-state index contributed by atoms with van der Waals surface area (Å²) < 4.78 is 94.3. The molecule has 2 amide bonds. The van der Waals surface area contributed by atoms with Crippen LogP contribution in [0.4, 0.5) is 27.6 Å². The van der Waals surface area contributed by atoms with Crippen molar-refractivity contribution in [2.75, 3.05) is 26.2 Å². The molecule has 5 aromatic rings. The molecule has 4 heterocycles. The lowest BCUT2D eigenvalue weighted by molar-refractivity contribution is -0.122. The van der Waals surface area contributed by atoms with Crippen molar-refractivity contribution in [3.8, 4) is 23.0 Å². The second kappa shape index (κ2) is 15.0. The number of carbonyl (C=O) groups is 2. The Kier molecular flexibility index (Phi) is 10.5. The molecule has 8 rings (SSSR count). The molecule has 1 aliphatic carbocycles. The van der Waals surface area contributed by atoms with Crippen LogP contribution in [0.2, 0.25) is 0 Å². The second-order valence-electron chi connectivity index (χ2n) is 14.4. The van der Waals surface area contributed by atoms with Crippen LogP contribution in [-0.2, 0) is 36.1 Å². The molecule has 2 aromatic heterocycles. The first kappa shape index (κ1) is 43.5. The van der Waals surface area contributed by atoms with E-state index in [1.54, 1.807) is 12.1 Å². The fourth-order valence-electron chi connectivity index (χ4n) is 8.48. The Labute approximate surface area is 370 Å². The lowest BCUT2D eigenvalue weighted by Crippen LogP contribution is -2.59. The van der Waals surface area contributed by atoms with Crippen LogP contribution in [0.5, 0.6) is 23.0 Å². The van der Waals surface area contributed by atoms with Crippen molar-refractivity contribution in [2.24, 2.45) is 7.05 Å². The van der Waals surface area contributed by atoms with Crippen molar-refractivity contribution in [1.82, 2.24) is 23.5 Å². The number of hydrogen-bond donors (Lipinski definition) is 1. The Morgan fingerprint density at radius 2 is 1.44 bits per heavy atom. The third-order valence-electron chi connectivity index (χ3n) is 11.5. The predicted octanol–water partition coefficient (Wildman–Crippen LogP) is 5.45. The van der Waals surface area contributed by atoms with E-state index in [1.807, 2.05) is 0 Å². The average molecular weight is 1040 g/mol. The first-order valence-corrected chi connectivity index (χ1v) is 20.3. The maximum absolute atomic E-state index is 15.4. The molecule has 0 bridgehead atoms. The number of benzene rings is 3. The van der Waals surface area contributed by atoms with Gasteiger partial charge in [0.15, 0.2) is 56.0 Å². The normalized spacial score (nSPS) is 21.8. The van der Waals surface area contributed by atoms with Gasteiger partial charge in [0.25, 0.3) is 17.4 Å². The van der Waals surface area contributed by atoms with E-state index in [0.717, 1.165) is 13.9 Å². The van der Waals surface area contributed by atoms with Gasteiger partial charge in [0, 0.05) is 49.0 Å². The highest BCUT2D eigenvalue weighted by Gasteiger charge is 2.76. The van der Waals surface area contributed by atoms with E-state index in [-0.39, 0.29) is 49.4 Å². The maximum Gasteiger partial charge on any atom is 0.347 e. The Bertz CT molecular complexity index is 3060. The first-order chi connectivity index (χ1) is 29.2. The summed E-state index contributed by atoms with van der Waals surface area (Å²) in [5.41, 5.74) is -3.70. The quantitative estimate of drug-likeness (QED) is 0.0527. The molecule has 1 N–H and O–H groups in total. The van der Waals surface area contributed by atoms with Gasteiger partial charge in [0.05, 0.1) is 49.4 Å². The Balaban J connectivity index is 1.29. The van der Waals surface area contributed by atoms with Gasteiger partial charge < -0.3 is 23.9 Å². The highest BCUT2D eigenvalue weighted by molar-refractivity contribution is 9.13. The number of imide groups is 1. The molecule has 326 valence electrons. The minimum absolute atomic E-state index is 0.0234. The zero-order valence-electron chi connectivity index (χ0n) is 32.1. The number of aryl methyl sites for hydroxylation is 2. The molecule has 3 aliphatic rings. The van der Waals surface area contributed by atoms with Crippen molar-refractivity contribution in [3.63, 3.8) is 0 Å². The number of rotatable bonds is 8. The lowest BCUT2D eigenvalue weighted by Gasteiger charge is -2.49. The summed E-state index contributed by atoms with van der Waals surface area (Å²) in [5, 5.41) is 10.8. The number of phenols is 1. The number of fused-ring (bicyclic) bond motifs is 5. The zero-order valence-corrected chi connectivity index (χ0v) is 36.8. The summed E-state index contributed by atoms with van der Waals surface area (Å²) in [6.07, 6.45) is 0.306. The highest BCUT2D eigenvalue weighted by Crippen LogP contribution is 2.65. The highest BCUT2D eigenvalue weighted by atomic mass is 79.9. The number of aromatic hydroxyl groups is 1. The number of halogens is 9. The van der Waals surface area contributed by atoms with Crippen LogP contribution >= 0.6 is 55.1 Å². The maximum atomic E-state index is 15.4.